The molecule has 12 aromatic rings. The summed E-state index contributed by atoms with van der Waals surface area (Å²) in [5.74, 6) is 9.75. The largest absolute Gasteiger partial charge is 0.493 e. The summed E-state index contributed by atoms with van der Waals surface area (Å²) >= 11 is 40.8. The van der Waals surface area contributed by atoms with E-state index in [0.29, 0.717) is 134 Å². The molecule has 0 fully saturated rings. The van der Waals surface area contributed by atoms with Crippen molar-refractivity contribution >= 4 is 227 Å². The lowest BCUT2D eigenvalue weighted by molar-refractivity contribution is 0.0876. The molecular formula is C100H120Cl4I8N12O16. The van der Waals surface area contributed by atoms with Crippen LogP contribution in [0, 0.1) is 52.8 Å². The van der Waals surface area contributed by atoms with E-state index in [1.54, 1.807) is 18.7 Å². The van der Waals surface area contributed by atoms with Crippen LogP contribution in [0.25, 0.3) is 0 Å². The van der Waals surface area contributed by atoms with E-state index in [0.717, 1.165) is 59.5 Å². The molecule has 0 radical (unpaired) electrons. The minimum Gasteiger partial charge on any atom is -0.493 e. The summed E-state index contributed by atoms with van der Waals surface area (Å²) in [6.45, 7) is 28.8. The summed E-state index contributed by atoms with van der Waals surface area (Å²) < 4.78 is 59.9. The number of ether oxygens (including phenoxy) is 8. The van der Waals surface area contributed by atoms with Gasteiger partial charge in [-0.2, -0.15) is 0 Å². The first-order valence-corrected chi connectivity index (χ1v) is 55.7. The number of aromatic nitrogens is 12. The van der Waals surface area contributed by atoms with Gasteiger partial charge in [-0.15, -0.1) is 66.8 Å². The lowest BCUT2D eigenvalue weighted by Gasteiger charge is -2.27. The van der Waals surface area contributed by atoms with Crippen molar-refractivity contribution in [1.82, 2.24) is 60.0 Å². The molecule has 40 heteroatoms. The minimum absolute atomic E-state index is 0.118. The third kappa shape index (κ3) is 34.8. The van der Waals surface area contributed by atoms with Crippen LogP contribution in [0.2, 0.25) is 0 Å². The van der Waals surface area contributed by atoms with E-state index in [9.17, 15) is 40.9 Å². The molecule has 0 saturated heterocycles. The zero-order chi connectivity index (χ0) is 102. The molecule has 760 valence electrons. The number of hydrogen-bond donors (Lipinski definition) is 8. The van der Waals surface area contributed by atoms with Crippen molar-refractivity contribution in [3.05, 3.63) is 266 Å². The topological polar surface area (TPSA) is 359 Å². The van der Waals surface area contributed by atoms with Gasteiger partial charge in [-0.25, -0.2) is 18.7 Å². The maximum absolute atomic E-state index is 10.4. The van der Waals surface area contributed by atoms with Gasteiger partial charge in [0.1, 0.15) is 134 Å². The third-order valence-corrected chi connectivity index (χ3v) is 33.1. The third-order valence-electron chi connectivity index (χ3n) is 22.9. The van der Waals surface area contributed by atoms with Gasteiger partial charge < -0.3 is 78.7 Å². The van der Waals surface area contributed by atoms with Crippen molar-refractivity contribution in [2.75, 3.05) is 76.4 Å². The highest BCUT2D eigenvalue weighted by molar-refractivity contribution is 14.1. The normalized spacial score (nSPS) is 13.5. The highest BCUT2D eigenvalue weighted by atomic mass is 127. The second-order valence-corrected chi connectivity index (χ2v) is 46.0. The number of aliphatic hydroxyl groups excluding tert-OH is 8. The van der Waals surface area contributed by atoms with Crippen molar-refractivity contribution < 1.29 is 78.7 Å². The molecule has 0 amide bonds. The van der Waals surface area contributed by atoms with E-state index in [1.807, 2.05) is 72.8 Å². The molecule has 0 saturated carbocycles. The molecule has 4 heterocycles. The Kier molecular flexibility index (Phi) is 49.1. The fourth-order valence-electron chi connectivity index (χ4n) is 13.7. The summed E-state index contributed by atoms with van der Waals surface area (Å²) in [6.07, 6.45) is -3.06. The Morgan fingerprint density at radius 2 is 0.450 bits per heavy atom. The van der Waals surface area contributed by atoms with Crippen LogP contribution in [0.4, 0.5) is 0 Å². The molecule has 2 unspecified atom stereocenters. The molecule has 28 nitrogen and oxygen atoms in total. The number of alkyl halides is 4. The average Bonchev–Trinajstić information content (AvgIpc) is 1.08. The lowest BCUT2D eigenvalue weighted by atomic mass is 9.78. The van der Waals surface area contributed by atoms with Gasteiger partial charge in [0.15, 0.2) is 0 Å². The lowest BCUT2D eigenvalue weighted by Crippen LogP contribution is -2.25. The molecule has 0 spiro atoms. The molecule has 12 rings (SSSR count). The summed E-state index contributed by atoms with van der Waals surface area (Å²) in [6, 6.07) is 57.2. The number of nitrogens with zero attached hydrogens (tertiary/aromatic N) is 12. The standard InChI is InChI=1S/4C25H30ClI2N3O4/c1-16(11-26)14-35-23-9-6-18(10-21(23)27)25(2,3)17-4-7-20(8-5-17)34-15-19(33)12-31-24(28)22(13-32)29-30-31;3*1-16(11-26)14-34-20-7-4-17(5-8-20)25(2,3)18-6-9-23(21(27)10-18)35-15-19(33)12-31-24(28)22(13-32)29-30-31/h4*4-10,16,19,32-33H,11-15H2,1-3H3/t16-,19+;2*16-,19-;/m110./s1/i4*27-4. The molecule has 140 heavy (non-hydrogen) atoms. The van der Waals surface area contributed by atoms with Gasteiger partial charge >= 0.3 is 0 Å². The number of aliphatic hydroxyl groups is 8. The van der Waals surface area contributed by atoms with Crippen molar-refractivity contribution in [2.24, 2.45) is 23.7 Å². The fourth-order valence-corrected chi connectivity index (χ4v) is 19.0. The van der Waals surface area contributed by atoms with E-state index in [1.165, 1.54) is 22.3 Å². The van der Waals surface area contributed by atoms with Crippen molar-refractivity contribution in [1.29, 1.82) is 0 Å². The predicted molar refractivity (Wildman–Crippen MR) is 613 cm³/mol. The van der Waals surface area contributed by atoms with Gasteiger partial charge in [0.25, 0.3) is 0 Å². The molecule has 0 aliphatic rings. The van der Waals surface area contributed by atoms with Gasteiger partial charge in [-0.1, -0.05) is 177 Å². The summed E-state index contributed by atoms with van der Waals surface area (Å²) in [4.78, 5) is 0. The number of rotatable bonds is 48. The van der Waals surface area contributed by atoms with Gasteiger partial charge in [0, 0.05) is 68.9 Å². The van der Waals surface area contributed by atoms with Crippen LogP contribution in [0.1, 0.15) is 150 Å². The second-order valence-electron chi connectivity index (χ2n) is 36.0. The minimum atomic E-state index is -0.767. The zero-order valence-corrected chi connectivity index (χ0v) is 100.0. The Hall–Kier alpha value is -4.60. The Bertz CT molecular complexity index is 5420. The Morgan fingerprint density at radius 1 is 0.279 bits per heavy atom. The molecule has 8 atom stereocenters. The van der Waals surface area contributed by atoms with Crippen LogP contribution in [0.3, 0.4) is 0 Å². The Balaban J connectivity index is 0.000000209. The van der Waals surface area contributed by atoms with Crippen LogP contribution < -0.4 is 37.9 Å². The van der Waals surface area contributed by atoms with Gasteiger partial charge in [0.2, 0.25) is 0 Å². The smallest absolute Gasteiger partial charge is 0.132 e. The zero-order valence-electron chi connectivity index (χ0n) is 79.7. The van der Waals surface area contributed by atoms with Crippen LogP contribution in [0.15, 0.2) is 170 Å². The summed E-state index contributed by atoms with van der Waals surface area (Å²) in [5.41, 5.74) is 10.5. The van der Waals surface area contributed by atoms with Crippen molar-refractivity contribution in [3.63, 3.8) is 0 Å². The summed E-state index contributed by atoms with van der Waals surface area (Å²) in [7, 11) is 0. The first-order valence-electron chi connectivity index (χ1n) is 45.0. The molecule has 0 aliphatic heterocycles. The molecular weight excluding hydrogens is 2770 g/mol. The molecule has 8 aromatic carbocycles. The number of hydrogen-bond acceptors (Lipinski definition) is 24. The SMILES string of the molecule is CC(CCl)COc1ccc(C(C)(C)c2ccc(OCC(O)Cn3nnc(CO)c3I)c([123I])c2)cc1.C[C@@H](CCl)COc1ccc(C(C)(C)c2ccc(OC[C@@H](O)Cn3nnc(CO)c3I)c([123I])c2)cc1.C[C@H](CCl)COc1ccc(C(C)(C)c2ccc(OC[C@@H](O)Cn3nnc(CO)c3I)cc2)cc1[123I].C[C@H](CCl)COc1ccc(C(C)(C)c2ccc(OC[C@H](O)Cn3nnc(CO)c3I)c([123I])c2)cc1. The Morgan fingerprint density at radius 3 is 0.629 bits per heavy atom. The fraction of sp³-hybridized carbons (Fsp3) is 0.440. The van der Waals surface area contributed by atoms with Crippen LogP contribution in [-0.4, -0.2) is 202 Å². The monoisotopic (exact) mass is 2880 g/mol. The number of benzene rings is 8. The molecule has 0 aliphatic carbocycles. The average molecular weight is 2890 g/mol. The number of halogens is 12. The van der Waals surface area contributed by atoms with E-state index in [4.69, 9.17) is 84.3 Å². The summed E-state index contributed by atoms with van der Waals surface area (Å²) in [5, 5.41) is 110. The van der Waals surface area contributed by atoms with Crippen LogP contribution in [0.5, 0.6) is 46.0 Å². The van der Waals surface area contributed by atoms with E-state index in [-0.39, 0.29) is 101 Å². The first-order chi connectivity index (χ1) is 66.6. The van der Waals surface area contributed by atoms with Crippen molar-refractivity contribution in [2.45, 2.75) is 182 Å². The first kappa shape index (κ1) is 119. The predicted octanol–water partition coefficient (Wildman–Crippen LogP) is 20.0. The molecule has 4 aromatic heterocycles. The van der Waals surface area contributed by atoms with Crippen molar-refractivity contribution in [3.8, 4) is 46.0 Å². The Labute approximate surface area is 948 Å². The van der Waals surface area contributed by atoms with E-state index < -0.39 is 24.4 Å². The highest BCUT2D eigenvalue weighted by Crippen LogP contribution is 2.41. The highest BCUT2D eigenvalue weighted by Gasteiger charge is 2.31. The maximum Gasteiger partial charge on any atom is 0.132 e. The molecule has 8 N–H and O–H groups in total. The maximum atomic E-state index is 10.4. The van der Waals surface area contributed by atoms with Gasteiger partial charge in [0.05, 0.1) is 93.3 Å². The quantitative estimate of drug-likeness (QED) is 0.0130. The second kappa shape index (κ2) is 57.8. The van der Waals surface area contributed by atoms with Gasteiger partial charge in [-0.05, 0) is 322 Å². The molecule has 0 bridgehead atoms. The van der Waals surface area contributed by atoms with Crippen LogP contribution in [-0.2, 0) is 74.3 Å². The van der Waals surface area contributed by atoms with E-state index >= 15 is 0 Å². The van der Waals surface area contributed by atoms with Gasteiger partial charge in [-0.3, -0.25) is 0 Å². The van der Waals surface area contributed by atoms with E-state index in [2.05, 4.69) is 402 Å². The van der Waals surface area contributed by atoms with Crippen LogP contribution >= 0.6 is 227 Å².